The summed E-state index contributed by atoms with van der Waals surface area (Å²) in [6.07, 6.45) is 3.90. The highest BCUT2D eigenvalue weighted by atomic mass is 16.5. The lowest BCUT2D eigenvalue weighted by Crippen LogP contribution is -2.30. The Kier molecular flexibility index (Phi) is 4.88. The maximum Gasteiger partial charge on any atom is 0.141 e. The Hall–Kier alpha value is -1.22. The number of anilines is 1. The van der Waals surface area contributed by atoms with Crippen molar-refractivity contribution in [3.05, 3.63) is 23.8 Å². The first-order valence-corrected chi connectivity index (χ1v) is 6.89. The predicted molar refractivity (Wildman–Crippen MR) is 76.4 cm³/mol. The van der Waals surface area contributed by atoms with Gasteiger partial charge in [0.25, 0.3) is 0 Å². The molecule has 0 aliphatic carbocycles. The molecule has 1 unspecified atom stereocenters. The van der Waals surface area contributed by atoms with Gasteiger partial charge in [-0.1, -0.05) is 6.07 Å². The Balaban J connectivity index is 1.83. The van der Waals surface area contributed by atoms with E-state index in [1.165, 1.54) is 37.9 Å². The van der Waals surface area contributed by atoms with Crippen molar-refractivity contribution in [1.29, 1.82) is 0 Å². The number of hydrogen-bond acceptors (Lipinski definition) is 3. The lowest BCUT2D eigenvalue weighted by molar-refractivity contribution is 0.364. The number of ether oxygens (including phenoxy) is 1. The van der Waals surface area contributed by atoms with Crippen LogP contribution in [-0.2, 0) is 0 Å². The molecule has 0 aromatic heterocycles. The average Bonchev–Trinajstić information content (AvgIpc) is 2.40. The number of benzene rings is 1. The summed E-state index contributed by atoms with van der Waals surface area (Å²) in [5.41, 5.74) is 2.37. The first-order valence-electron chi connectivity index (χ1n) is 6.89. The molecule has 1 fully saturated rings. The SMILES string of the molecule is COc1ccc(C)cc1NCCC1CCCNC1. The van der Waals surface area contributed by atoms with E-state index in [1.54, 1.807) is 7.11 Å². The van der Waals surface area contributed by atoms with Crippen molar-refractivity contribution in [2.24, 2.45) is 5.92 Å². The fraction of sp³-hybridized carbons (Fsp3) is 0.600. The normalized spacial score (nSPS) is 19.6. The van der Waals surface area contributed by atoms with Gasteiger partial charge in [-0.05, 0) is 62.9 Å². The Morgan fingerprint density at radius 1 is 1.44 bits per heavy atom. The molecule has 3 heteroatoms. The molecule has 1 heterocycles. The fourth-order valence-electron chi connectivity index (χ4n) is 2.54. The van der Waals surface area contributed by atoms with E-state index in [9.17, 15) is 0 Å². The van der Waals surface area contributed by atoms with E-state index in [0.717, 1.165) is 23.9 Å². The van der Waals surface area contributed by atoms with Gasteiger partial charge >= 0.3 is 0 Å². The van der Waals surface area contributed by atoms with Gasteiger partial charge in [0.05, 0.1) is 12.8 Å². The van der Waals surface area contributed by atoms with Crippen molar-refractivity contribution in [2.75, 3.05) is 32.1 Å². The summed E-state index contributed by atoms with van der Waals surface area (Å²) >= 11 is 0. The van der Waals surface area contributed by atoms with Gasteiger partial charge < -0.3 is 15.4 Å². The van der Waals surface area contributed by atoms with Crippen LogP contribution in [0.2, 0.25) is 0 Å². The van der Waals surface area contributed by atoms with Crippen LogP contribution in [0.15, 0.2) is 18.2 Å². The molecule has 2 rings (SSSR count). The summed E-state index contributed by atoms with van der Waals surface area (Å²) in [6, 6.07) is 6.26. The summed E-state index contributed by atoms with van der Waals surface area (Å²) in [7, 11) is 1.72. The summed E-state index contributed by atoms with van der Waals surface area (Å²) in [5.74, 6) is 1.75. The van der Waals surface area contributed by atoms with Crippen molar-refractivity contribution in [3.8, 4) is 5.75 Å². The Labute approximate surface area is 110 Å². The van der Waals surface area contributed by atoms with Crippen LogP contribution in [0.3, 0.4) is 0 Å². The highest BCUT2D eigenvalue weighted by Crippen LogP contribution is 2.25. The van der Waals surface area contributed by atoms with Gasteiger partial charge in [-0.2, -0.15) is 0 Å². The zero-order valence-electron chi connectivity index (χ0n) is 11.5. The van der Waals surface area contributed by atoms with Gasteiger partial charge in [0.1, 0.15) is 5.75 Å². The van der Waals surface area contributed by atoms with Gasteiger partial charge in [-0.3, -0.25) is 0 Å². The zero-order chi connectivity index (χ0) is 12.8. The van der Waals surface area contributed by atoms with Crippen LogP contribution >= 0.6 is 0 Å². The van der Waals surface area contributed by atoms with Crippen LogP contribution < -0.4 is 15.4 Å². The summed E-state index contributed by atoms with van der Waals surface area (Å²) in [5, 5.41) is 6.96. The molecule has 1 aromatic carbocycles. The Morgan fingerprint density at radius 2 is 2.33 bits per heavy atom. The number of piperidine rings is 1. The molecule has 0 bridgehead atoms. The minimum Gasteiger partial charge on any atom is -0.495 e. The van der Waals surface area contributed by atoms with E-state index in [-0.39, 0.29) is 0 Å². The first-order chi connectivity index (χ1) is 8.79. The smallest absolute Gasteiger partial charge is 0.141 e. The third-order valence-electron chi connectivity index (χ3n) is 3.62. The molecule has 1 saturated heterocycles. The monoisotopic (exact) mass is 248 g/mol. The lowest BCUT2D eigenvalue weighted by atomic mass is 9.96. The van der Waals surface area contributed by atoms with Crippen LogP contribution in [0.1, 0.15) is 24.8 Å². The minimum atomic E-state index is 0.821. The van der Waals surface area contributed by atoms with E-state index in [2.05, 4.69) is 29.7 Å². The quantitative estimate of drug-likeness (QED) is 0.840. The molecular weight excluding hydrogens is 224 g/mol. The Morgan fingerprint density at radius 3 is 3.06 bits per heavy atom. The molecule has 0 radical (unpaired) electrons. The van der Waals surface area contributed by atoms with Crippen LogP contribution in [0, 0.1) is 12.8 Å². The lowest BCUT2D eigenvalue weighted by Gasteiger charge is -2.23. The summed E-state index contributed by atoms with van der Waals surface area (Å²) in [6.45, 7) is 5.49. The highest BCUT2D eigenvalue weighted by molar-refractivity contribution is 5.57. The number of rotatable bonds is 5. The molecule has 0 spiro atoms. The molecule has 1 aromatic rings. The third kappa shape index (κ3) is 3.64. The molecule has 0 saturated carbocycles. The van der Waals surface area contributed by atoms with Gasteiger partial charge in [-0.15, -0.1) is 0 Å². The van der Waals surface area contributed by atoms with Crippen molar-refractivity contribution < 1.29 is 4.74 Å². The van der Waals surface area contributed by atoms with Gasteiger partial charge in [-0.25, -0.2) is 0 Å². The second-order valence-electron chi connectivity index (χ2n) is 5.13. The van der Waals surface area contributed by atoms with Gasteiger partial charge in [0, 0.05) is 6.54 Å². The standard InChI is InChI=1S/C15H24N2O/c1-12-5-6-15(18-2)14(10-12)17-9-7-13-4-3-8-16-11-13/h5-6,10,13,16-17H,3-4,7-9,11H2,1-2H3. The first kappa shape index (κ1) is 13.2. The van der Waals surface area contributed by atoms with E-state index >= 15 is 0 Å². The predicted octanol–water partition coefficient (Wildman–Crippen LogP) is 2.81. The Bertz CT molecular complexity index is 373. The van der Waals surface area contributed by atoms with Crippen molar-refractivity contribution in [2.45, 2.75) is 26.2 Å². The van der Waals surface area contributed by atoms with Gasteiger partial charge in [0.2, 0.25) is 0 Å². The van der Waals surface area contributed by atoms with E-state index < -0.39 is 0 Å². The summed E-state index contributed by atoms with van der Waals surface area (Å²) < 4.78 is 5.37. The zero-order valence-corrected chi connectivity index (χ0v) is 11.5. The number of aryl methyl sites for hydroxylation is 1. The second kappa shape index (κ2) is 6.64. The van der Waals surface area contributed by atoms with Crippen LogP contribution in [0.4, 0.5) is 5.69 Å². The van der Waals surface area contributed by atoms with E-state index in [0.29, 0.717) is 0 Å². The van der Waals surface area contributed by atoms with Crippen molar-refractivity contribution in [1.82, 2.24) is 5.32 Å². The molecule has 0 amide bonds. The maximum absolute atomic E-state index is 5.37. The molecule has 1 aliphatic rings. The number of hydrogen-bond donors (Lipinski definition) is 2. The highest BCUT2D eigenvalue weighted by Gasteiger charge is 2.12. The number of nitrogens with one attached hydrogen (secondary N) is 2. The fourth-order valence-corrected chi connectivity index (χ4v) is 2.54. The van der Waals surface area contributed by atoms with Crippen molar-refractivity contribution in [3.63, 3.8) is 0 Å². The molecular formula is C15H24N2O. The van der Waals surface area contributed by atoms with E-state index in [1.807, 2.05) is 6.07 Å². The maximum atomic E-state index is 5.37. The summed E-state index contributed by atoms with van der Waals surface area (Å²) in [4.78, 5) is 0. The molecule has 2 N–H and O–H groups in total. The molecule has 1 aliphatic heterocycles. The van der Waals surface area contributed by atoms with Crippen LogP contribution in [0.25, 0.3) is 0 Å². The van der Waals surface area contributed by atoms with Crippen molar-refractivity contribution >= 4 is 5.69 Å². The topological polar surface area (TPSA) is 33.3 Å². The van der Waals surface area contributed by atoms with E-state index in [4.69, 9.17) is 4.74 Å². The third-order valence-corrected chi connectivity index (χ3v) is 3.62. The van der Waals surface area contributed by atoms with Crippen LogP contribution in [0.5, 0.6) is 5.75 Å². The largest absolute Gasteiger partial charge is 0.495 e. The minimum absolute atomic E-state index is 0.821. The average molecular weight is 248 g/mol. The van der Waals surface area contributed by atoms with Crippen LogP contribution in [-0.4, -0.2) is 26.7 Å². The van der Waals surface area contributed by atoms with Gasteiger partial charge in [0.15, 0.2) is 0 Å². The molecule has 1 atom stereocenters. The second-order valence-corrected chi connectivity index (χ2v) is 5.13. The number of methoxy groups -OCH3 is 1. The molecule has 100 valence electrons. The molecule has 3 nitrogen and oxygen atoms in total. The molecule has 18 heavy (non-hydrogen) atoms.